The fourth-order valence-corrected chi connectivity index (χ4v) is 2.24. The van der Waals surface area contributed by atoms with Crippen LogP contribution in [-0.2, 0) is 4.74 Å². The highest BCUT2D eigenvalue weighted by Crippen LogP contribution is 2.24. The Labute approximate surface area is 140 Å². The number of nitrogens with one attached hydrogen (secondary N) is 1. The summed E-state index contributed by atoms with van der Waals surface area (Å²) in [4.78, 5) is 23.9. The third kappa shape index (κ3) is 4.11. The normalized spacial score (nSPS) is 10.5. The number of halogens is 1. The van der Waals surface area contributed by atoms with E-state index >= 15 is 0 Å². The van der Waals surface area contributed by atoms with E-state index in [1.807, 2.05) is 12.1 Å². The molecule has 120 valence electrons. The van der Waals surface area contributed by atoms with Crippen LogP contribution in [0.5, 0.6) is 0 Å². The first-order valence-corrected chi connectivity index (χ1v) is 7.59. The summed E-state index contributed by atoms with van der Waals surface area (Å²) in [6.07, 6.45) is 0. The van der Waals surface area contributed by atoms with E-state index in [4.69, 9.17) is 11.6 Å². The molecule has 0 aliphatic carbocycles. The maximum Gasteiger partial charge on any atom is 0.337 e. The minimum Gasteiger partial charge on any atom is -0.465 e. The van der Waals surface area contributed by atoms with Gasteiger partial charge in [-0.25, -0.2) is 4.79 Å². The highest BCUT2D eigenvalue weighted by atomic mass is 35.5. The molecule has 0 saturated carbocycles. The number of anilines is 1. The van der Waals surface area contributed by atoms with Crippen LogP contribution in [-0.4, -0.2) is 19.0 Å². The van der Waals surface area contributed by atoms with E-state index < -0.39 is 5.97 Å². The Morgan fingerprint density at radius 2 is 1.65 bits per heavy atom. The van der Waals surface area contributed by atoms with Gasteiger partial charge in [-0.1, -0.05) is 37.6 Å². The summed E-state index contributed by atoms with van der Waals surface area (Å²) in [6.45, 7) is 4.18. The number of amides is 1. The number of benzene rings is 2. The van der Waals surface area contributed by atoms with Gasteiger partial charge in [0.1, 0.15) is 0 Å². The van der Waals surface area contributed by atoms with Crippen LogP contribution in [0.15, 0.2) is 42.5 Å². The molecule has 0 aliphatic rings. The average Bonchev–Trinajstić information content (AvgIpc) is 2.56. The van der Waals surface area contributed by atoms with Gasteiger partial charge in [-0.15, -0.1) is 0 Å². The van der Waals surface area contributed by atoms with E-state index in [-0.39, 0.29) is 5.91 Å². The number of ether oxygens (including phenoxy) is 1. The van der Waals surface area contributed by atoms with E-state index in [2.05, 4.69) is 23.9 Å². The number of hydrogen-bond donors (Lipinski definition) is 1. The van der Waals surface area contributed by atoms with Crippen molar-refractivity contribution in [1.82, 2.24) is 0 Å². The van der Waals surface area contributed by atoms with Crippen molar-refractivity contribution in [3.05, 3.63) is 64.2 Å². The van der Waals surface area contributed by atoms with Crippen molar-refractivity contribution in [2.24, 2.45) is 0 Å². The molecule has 0 unspecified atom stereocenters. The number of carbonyl (C=O) groups excluding carboxylic acids is 2. The van der Waals surface area contributed by atoms with Crippen molar-refractivity contribution >= 4 is 29.2 Å². The fourth-order valence-electron chi connectivity index (χ4n) is 2.08. The molecular formula is C18H18ClNO3. The lowest BCUT2D eigenvalue weighted by Crippen LogP contribution is -2.13. The first-order chi connectivity index (χ1) is 10.9. The minimum atomic E-state index is -0.488. The summed E-state index contributed by atoms with van der Waals surface area (Å²) in [5.41, 5.74) is 2.37. The molecule has 23 heavy (non-hydrogen) atoms. The van der Waals surface area contributed by atoms with Gasteiger partial charge >= 0.3 is 5.97 Å². The first kappa shape index (κ1) is 17.0. The van der Waals surface area contributed by atoms with Crippen LogP contribution in [0.2, 0.25) is 5.02 Å². The maximum atomic E-state index is 12.3. The van der Waals surface area contributed by atoms with Gasteiger partial charge in [0.25, 0.3) is 5.91 Å². The van der Waals surface area contributed by atoms with Crippen molar-refractivity contribution in [3.8, 4) is 0 Å². The van der Waals surface area contributed by atoms with E-state index in [9.17, 15) is 9.59 Å². The Balaban J connectivity index is 2.21. The molecule has 1 N–H and O–H groups in total. The minimum absolute atomic E-state index is 0.288. The van der Waals surface area contributed by atoms with Crippen LogP contribution in [0.3, 0.4) is 0 Å². The number of rotatable bonds is 4. The zero-order valence-corrected chi connectivity index (χ0v) is 14.0. The highest BCUT2D eigenvalue weighted by Gasteiger charge is 2.12. The highest BCUT2D eigenvalue weighted by molar-refractivity contribution is 6.34. The van der Waals surface area contributed by atoms with Crippen LogP contribution in [0, 0.1) is 0 Å². The van der Waals surface area contributed by atoms with Crippen LogP contribution < -0.4 is 5.32 Å². The lowest BCUT2D eigenvalue weighted by atomic mass is 10.0. The van der Waals surface area contributed by atoms with Crippen molar-refractivity contribution in [2.75, 3.05) is 12.4 Å². The Morgan fingerprint density at radius 3 is 2.22 bits per heavy atom. The standard InChI is InChI=1S/C18H18ClNO3/c1-11(2)12-4-6-13(7-5-12)17(21)20-16-10-14(18(22)23-3)8-9-15(16)19/h4-11H,1-3H3,(H,20,21). The van der Waals surface area contributed by atoms with Crippen molar-refractivity contribution in [1.29, 1.82) is 0 Å². The molecule has 0 radical (unpaired) electrons. The fraction of sp³-hybridized carbons (Fsp3) is 0.222. The van der Waals surface area contributed by atoms with Gasteiger partial charge in [0, 0.05) is 5.56 Å². The predicted octanol–water partition coefficient (Wildman–Crippen LogP) is 4.50. The summed E-state index contributed by atoms with van der Waals surface area (Å²) >= 11 is 6.08. The Morgan fingerprint density at radius 1 is 1.04 bits per heavy atom. The summed E-state index contributed by atoms with van der Waals surface area (Å²) in [5.74, 6) is -0.374. The smallest absolute Gasteiger partial charge is 0.337 e. The monoisotopic (exact) mass is 331 g/mol. The van der Waals surface area contributed by atoms with Crippen molar-refractivity contribution in [2.45, 2.75) is 19.8 Å². The molecule has 0 aromatic heterocycles. The van der Waals surface area contributed by atoms with E-state index in [1.54, 1.807) is 24.3 Å². The Kier molecular flexibility index (Phi) is 5.40. The maximum absolute atomic E-state index is 12.3. The Hall–Kier alpha value is -2.33. The largest absolute Gasteiger partial charge is 0.465 e. The van der Waals surface area contributed by atoms with Gasteiger partial charge in [-0.2, -0.15) is 0 Å². The zero-order valence-electron chi connectivity index (χ0n) is 13.2. The molecule has 2 aromatic carbocycles. The Bertz CT molecular complexity index is 724. The topological polar surface area (TPSA) is 55.4 Å². The molecule has 0 bridgehead atoms. The molecule has 0 fully saturated rings. The van der Waals surface area contributed by atoms with Gasteiger partial charge in [0.15, 0.2) is 0 Å². The van der Waals surface area contributed by atoms with Gasteiger partial charge in [-0.3, -0.25) is 4.79 Å². The lowest BCUT2D eigenvalue weighted by Gasteiger charge is -2.10. The number of methoxy groups -OCH3 is 1. The second kappa shape index (κ2) is 7.29. The summed E-state index contributed by atoms with van der Waals surface area (Å²) in [6, 6.07) is 12.0. The van der Waals surface area contributed by atoms with Crippen LogP contribution in [0.25, 0.3) is 0 Å². The molecule has 0 aliphatic heterocycles. The van der Waals surface area contributed by atoms with Crippen LogP contribution >= 0.6 is 11.6 Å². The van der Waals surface area contributed by atoms with Crippen LogP contribution in [0.1, 0.15) is 46.0 Å². The van der Waals surface area contributed by atoms with Crippen molar-refractivity contribution in [3.63, 3.8) is 0 Å². The third-order valence-corrected chi connectivity index (χ3v) is 3.80. The zero-order chi connectivity index (χ0) is 17.0. The quantitative estimate of drug-likeness (QED) is 0.839. The third-order valence-electron chi connectivity index (χ3n) is 3.48. The summed E-state index contributed by atoms with van der Waals surface area (Å²) in [5, 5.41) is 3.07. The van der Waals surface area contributed by atoms with Gasteiger partial charge in [0.05, 0.1) is 23.4 Å². The molecule has 2 rings (SSSR count). The second-order valence-corrected chi connectivity index (χ2v) is 5.82. The molecule has 2 aromatic rings. The van der Waals surface area contributed by atoms with Gasteiger partial charge < -0.3 is 10.1 Å². The molecular weight excluding hydrogens is 314 g/mol. The molecule has 0 atom stereocenters. The second-order valence-electron chi connectivity index (χ2n) is 5.42. The van der Waals surface area contributed by atoms with Crippen LogP contribution in [0.4, 0.5) is 5.69 Å². The van der Waals surface area contributed by atoms with E-state index in [0.717, 1.165) is 5.56 Å². The molecule has 0 heterocycles. The average molecular weight is 332 g/mol. The number of esters is 1. The van der Waals surface area contributed by atoms with Gasteiger partial charge in [0.2, 0.25) is 0 Å². The molecule has 1 amide bonds. The predicted molar refractivity (Wildman–Crippen MR) is 91.3 cm³/mol. The molecule has 0 saturated heterocycles. The van der Waals surface area contributed by atoms with Gasteiger partial charge in [-0.05, 0) is 41.8 Å². The number of hydrogen-bond acceptors (Lipinski definition) is 3. The SMILES string of the molecule is COC(=O)c1ccc(Cl)c(NC(=O)c2ccc(C(C)C)cc2)c1. The molecule has 4 nitrogen and oxygen atoms in total. The summed E-state index contributed by atoms with van der Waals surface area (Å²) < 4.78 is 4.66. The first-order valence-electron chi connectivity index (χ1n) is 7.21. The van der Waals surface area contributed by atoms with Crippen molar-refractivity contribution < 1.29 is 14.3 Å². The van der Waals surface area contributed by atoms with E-state index in [1.165, 1.54) is 13.2 Å². The number of carbonyl (C=O) groups is 2. The lowest BCUT2D eigenvalue weighted by molar-refractivity contribution is 0.0600. The van der Waals surface area contributed by atoms with E-state index in [0.29, 0.717) is 27.8 Å². The molecule has 0 spiro atoms. The summed E-state index contributed by atoms with van der Waals surface area (Å²) in [7, 11) is 1.30. The molecule has 5 heteroatoms.